The van der Waals surface area contributed by atoms with E-state index in [-0.39, 0.29) is 6.54 Å². The molecule has 1 aliphatic rings. The number of non-ortho nitro benzene ring substituents is 1. The van der Waals surface area contributed by atoms with Gasteiger partial charge in [-0.2, -0.15) is 4.31 Å². The molecule has 0 spiro atoms. The maximum atomic E-state index is 14.0. The fourth-order valence-electron chi connectivity index (χ4n) is 4.95. The third kappa shape index (κ3) is 5.80. The number of nitro groups is 2. The lowest BCUT2D eigenvalue weighted by Crippen LogP contribution is -2.47. The van der Waals surface area contributed by atoms with Crippen LogP contribution in [0, 0.1) is 27.2 Å². The first-order valence-corrected chi connectivity index (χ1v) is 15.1. The molecule has 0 saturated carbocycles. The van der Waals surface area contributed by atoms with Crippen molar-refractivity contribution in [3.8, 4) is 0 Å². The molecule has 2 aromatic carbocycles. The summed E-state index contributed by atoms with van der Waals surface area (Å²) in [4.78, 5) is 31.8. The van der Waals surface area contributed by atoms with Crippen LogP contribution in [0.1, 0.15) is 24.0 Å². The van der Waals surface area contributed by atoms with Gasteiger partial charge in [-0.1, -0.05) is 42.5 Å². The number of anilines is 1. The van der Waals surface area contributed by atoms with E-state index >= 15 is 0 Å². The van der Waals surface area contributed by atoms with Crippen LogP contribution in [0.15, 0.2) is 71.2 Å². The first-order chi connectivity index (χ1) is 19.7. The maximum absolute atomic E-state index is 14.0. The predicted octanol–water partition coefficient (Wildman–Crippen LogP) is 5.19. The van der Waals surface area contributed by atoms with Gasteiger partial charge in [-0.25, -0.2) is 18.4 Å². The Morgan fingerprint density at radius 3 is 2.49 bits per heavy atom. The average Bonchev–Trinajstić information content (AvgIpc) is 3.36. The Morgan fingerprint density at radius 1 is 1.07 bits per heavy atom. The molecule has 5 rings (SSSR count). The van der Waals surface area contributed by atoms with Gasteiger partial charge in [0.05, 0.1) is 26.1 Å². The second-order valence-electron chi connectivity index (χ2n) is 9.57. The van der Waals surface area contributed by atoms with E-state index in [0.717, 1.165) is 39.3 Å². The fourth-order valence-corrected chi connectivity index (χ4v) is 7.75. The summed E-state index contributed by atoms with van der Waals surface area (Å²) in [5.41, 5.74) is 1.45. The number of rotatable bonds is 9. The minimum Gasteiger partial charge on any atom is -0.355 e. The smallest absolute Gasteiger partial charge is 0.296 e. The zero-order valence-corrected chi connectivity index (χ0v) is 23.6. The van der Waals surface area contributed by atoms with Crippen molar-refractivity contribution in [3.63, 3.8) is 0 Å². The highest BCUT2D eigenvalue weighted by Gasteiger charge is 2.38. The molecule has 12 nitrogen and oxygen atoms in total. The average molecular weight is 595 g/mol. The van der Waals surface area contributed by atoms with Crippen molar-refractivity contribution in [1.29, 1.82) is 0 Å². The van der Waals surface area contributed by atoms with Crippen LogP contribution in [0.3, 0.4) is 0 Å². The van der Waals surface area contributed by atoms with Gasteiger partial charge < -0.3 is 4.90 Å². The molecule has 14 heteroatoms. The molecule has 0 N–H and O–H groups in total. The second kappa shape index (κ2) is 11.7. The summed E-state index contributed by atoms with van der Waals surface area (Å²) in [7, 11) is -4.41. The number of nitro benzene ring substituents is 2. The number of benzene rings is 2. The van der Waals surface area contributed by atoms with Crippen molar-refractivity contribution in [2.24, 2.45) is 0 Å². The van der Waals surface area contributed by atoms with E-state index in [4.69, 9.17) is 0 Å². The van der Waals surface area contributed by atoms with Crippen LogP contribution < -0.4 is 4.90 Å². The van der Waals surface area contributed by atoms with E-state index in [2.05, 4.69) is 14.9 Å². The molecular formula is C27H26N6O6S2. The molecule has 0 bridgehead atoms. The highest BCUT2D eigenvalue weighted by atomic mass is 32.2. The normalized spacial score (nSPS) is 14.7. The molecular weight excluding hydrogens is 568 g/mol. The number of sulfonamides is 1. The molecule has 0 atom stereocenters. The number of hydrogen-bond donors (Lipinski definition) is 0. The second-order valence-corrected chi connectivity index (χ2v) is 12.3. The van der Waals surface area contributed by atoms with Crippen LogP contribution >= 0.6 is 11.3 Å². The number of aromatic nitrogens is 2. The summed E-state index contributed by atoms with van der Waals surface area (Å²) in [6, 6.07) is 11.5. The molecule has 0 unspecified atom stereocenters. The highest BCUT2D eigenvalue weighted by Crippen LogP contribution is 2.35. The minimum atomic E-state index is -4.41. The van der Waals surface area contributed by atoms with Crippen LogP contribution in [-0.4, -0.2) is 58.2 Å². The number of hydrogen-bond acceptors (Lipinski definition) is 10. The van der Waals surface area contributed by atoms with Crippen LogP contribution in [0.4, 0.5) is 17.2 Å². The summed E-state index contributed by atoms with van der Waals surface area (Å²) >= 11 is 1.57. The van der Waals surface area contributed by atoms with Crippen LogP contribution in [-0.2, 0) is 10.0 Å². The first-order valence-electron chi connectivity index (χ1n) is 12.8. The van der Waals surface area contributed by atoms with Crippen molar-refractivity contribution in [3.05, 3.63) is 97.7 Å². The van der Waals surface area contributed by atoms with Crippen molar-refractivity contribution in [2.75, 3.05) is 24.5 Å². The molecule has 41 heavy (non-hydrogen) atoms. The lowest BCUT2D eigenvalue weighted by Gasteiger charge is -2.38. The molecule has 0 aliphatic carbocycles. The van der Waals surface area contributed by atoms with Gasteiger partial charge in [-0.05, 0) is 42.3 Å². The van der Waals surface area contributed by atoms with E-state index in [0.29, 0.717) is 32.0 Å². The van der Waals surface area contributed by atoms with Gasteiger partial charge in [0.1, 0.15) is 12.1 Å². The molecule has 1 aliphatic heterocycles. The van der Waals surface area contributed by atoms with Gasteiger partial charge in [0.25, 0.3) is 11.4 Å². The van der Waals surface area contributed by atoms with Crippen LogP contribution in [0.2, 0.25) is 0 Å². The zero-order valence-electron chi connectivity index (χ0n) is 22.0. The van der Waals surface area contributed by atoms with E-state index in [1.807, 2.05) is 42.6 Å². The molecule has 2 aromatic heterocycles. The molecule has 0 amide bonds. The Balaban J connectivity index is 1.46. The standard InChI is InChI=1S/C27H26N6O6S2/c1-19-17-40-26-25(19)28-18-29-27(26)30-14-11-21(12-15-30)31(13-5-8-20-6-3-2-4-7-20)41(38,39)24-10-9-22(32(34)35)16-23(24)33(36)37/h2-10,16-18,21H,11-15H2,1H3/b8-5-. The van der Waals surface area contributed by atoms with E-state index in [9.17, 15) is 28.6 Å². The molecule has 4 aromatic rings. The number of piperidine rings is 1. The van der Waals surface area contributed by atoms with Gasteiger partial charge in [0.2, 0.25) is 10.0 Å². The molecule has 1 fully saturated rings. The monoisotopic (exact) mass is 594 g/mol. The Bertz CT molecular complexity index is 1730. The Labute approximate surface area is 239 Å². The third-order valence-electron chi connectivity index (χ3n) is 7.02. The van der Waals surface area contributed by atoms with Gasteiger partial charge in [-0.3, -0.25) is 20.2 Å². The molecule has 212 valence electrons. The number of aryl methyl sites for hydroxylation is 1. The fraction of sp³-hybridized carbons (Fsp3) is 0.259. The van der Waals surface area contributed by atoms with Gasteiger partial charge in [0.15, 0.2) is 4.90 Å². The largest absolute Gasteiger partial charge is 0.355 e. The minimum absolute atomic E-state index is 0.0299. The molecule has 0 radical (unpaired) electrons. The molecule has 1 saturated heterocycles. The van der Waals surface area contributed by atoms with Gasteiger partial charge in [0, 0.05) is 31.7 Å². The Morgan fingerprint density at radius 2 is 1.80 bits per heavy atom. The van der Waals surface area contributed by atoms with Crippen molar-refractivity contribution >= 4 is 54.8 Å². The van der Waals surface area contributed by atoms with Crippen molar-refractivity contribution < 1.29 is 18.3 Å². The zero-order chi connectivity index (χ0) is 29.1. The highest BCUT2D eigenvalue weighted by molar-refractivity contribution is 7.89. The molecule has 3 heterocycles. The first kappa shape index (κ1) is 28.3. The number of thiophene rings is 1. The SMILES string of the molecule is Cc1csc2c(N3CCC(N(C/C=C\c4ccccc4)S(=O)(=O)c4ccc([N+](=O)[O-])cc4[N+](=O)[O-])CC3)ncnc12. The summed E-state index contributed by atoms with van der Waals surface area (Å²) in [6.45, 7) is 3.00. The van der Waals surface area contributed by atoms with Crippen molar-refractivity contribution in [1.82, 2.24) is 14.3 Å². The van der Waals surface area contributed by atoms with E-state index < -0.39 is 42.2 Å². The van der Waals surface area contributed by atoms with E-state index in [1.165, 1.54) is 10.6 Å². The van der Waals surface area contributed by atoms with Gasteiger partial charge >= 0.3 is 0 Å². The summed E-state index contributed by atoms with van der Waals surface area (Å²) in [5, 5.41) is 25.1. The third-order valence-corrected chi connectivity index (χ3v) is 10.1. The lowest BCUT2D eigenvalue weighted by molar-refractivity contribution is -0.396. The topological polar surface area (TPSA) is 153 Å². The van der Waals surface area contributed by atoms with Gasteiger partial charge in [-0.15, -0.1) is 11.3 Å². The predicted molar refractivity (Wildman–Crippen MR) is 157 cm³/mol. The number of nitrogens with zero attached hydrogens (tertiary/aromatic N) is 6. The summed E-state index contributed by atoms with van der Waals surface area (Å²) in [6.07, 6.45) is 5.93. The Hall–Kier alpha value is -4.27. The summed E-state index contributed by atoms with van der Waals surface area (Å²) in [5.74, 6) is 0.802. The number of fused-ring (bicyclic) bond motifs is 1. The van der Waals surface area contributed by atoms with E-state index in [1.54, 1.807) is 23.5 Å². The Kier molecular flexibility index (Phi) is 8.06. The maximum Gasteiger partial charge on any atom is 0.296 e. The van der Waals surface area contributed by atoms with Crippen LogP contribution in [0.25, 0.3) is 16.3 Å². The van der Waals surface area contributed by atoms with Crippen LogP contribution in [0.5, 0.6) is 0 Å². The lowest BCUT2D eigenvalue weighted by atomic mass is 10.0. The van der Waals surface area contributed by atoms with Crippen molar-refractivity contribution in [2.45, 2.75) is 30.7 Å². The quantitative estimate of drug-likeness (QED) is 0.188. The summed E-state index contributed by atoms with van der Waals surface area (Å²) < 4.78 is 30.2.